The van der Waals surface area contributed by atoms with Crippen LogP contribution in [-0.4, -0.2) is 18.1 Å². The van der Waals surface area contributed by atoms with Gasteiger partial charge in [-0.05, 0) is 52.9 Å². The molecule has 0 amide bonds. The standard InChI is InChI=1S/C15H21BrN2S/c1-10-4-3-5-11(8-10)18(2)12-6-7-13(15(17)19)14(16)9-12/h6-7,9-11H,3-5,8H2,1-2H3,(H2,17,19). The van der Waals surface area contributed by atoms with Gasteiger partial charge in [-0.2, -0.15) is 0 Å². The molecule has 0 spiro atoms. The lowest BCUT2D eigenvalue weighted by Crippen LogP contribution is -2.35. The van der Waals surface area contributed by atoms with E-state index in [0.717, 1.165) is 16.0 Å². The lowest BCUT2D eigenvalue weighted by atomic mass is 9.86. The van der Waals surface area contributed by atoms with E-state index in [4.69, 9.17) is 18.0 Å². The number of nitrogens with zero attached hydrogens (tertiary/aromatic N) is 1. The fourth-order valence-electron chi connectivity index (χ4n) is 2.89. The highest BCUT2D eigenvalue weighted by molar-refractivity contribution is 9.10. The molecule has 1 fully saturated rings. The van der Waals surface area contributed by atoms with E-state index in [0.29, 0.717) is 11.0 Å². The maximum Gasteiger partial charge on any atom is 0.105 e. The van der Waals surface area contributed by atoms with Gasteiger partial charge in [0.05, 0.1) is 0 Å². The summed E-state index contributed by atoms with van der Waals surface area (Å²) in [7, 11) is 2.19. The van der Waals surface area contributed by atoms with Gasteiger partial charge in [-0.1, -0.05) is 32.0 Å². The predicted octanol–water partition coefficient (Wildman–Crippen LogP) is 4.10. The normalized spacial score (nSPS) is 23.1. The third-order valence-electron chi connectivity index (χ3n) is 4.08. The van der Waals surface area contributed by atoms with Crippen LogP contribution in [0.25, 0.3) is 0 Å². The molecule has 1 aliphatic rings. The van der Waals surface area contributed by atoms with Gasteiger partial charge in [-0.3, -0.25) is 0 Å². The van der Waals surface area contributed by atoms with Crippen LogP contribution in [0.2, 0.25) is 0 Å². The minimum Gasteiger partial charge on any atom is -0.389 e. The smallest absolute Gasteiger partial charge is 0.105 e. The molecule has 2 rings (SSSR count). The largest absolute Gasteiger partial charge is 0.389 e. The lowest BCUT2D eigenvalue weighted by molar-refractivity contribution is 0.336. The molecule has 0 saturated heterocycles. The summed E-state index contributed by atoms with van der Waals surface area (Å²) in [5.41, 5.74) is 7.82. The van der Waals surface area contributed by atoms with E-state index in [1.165, 1.54) is 31.4 Å². The first kappa shape index (κ1) is 14.8. The van der Waals surface area contributed by atoms with Gasteiger partial charge in [0.1, 0.15) is 4.99 Å². The van der Waals surface area contributed by atoms with Crippen LogP contribution < -0.4 is 10.6 Å². The number of anilines is 1. The first-order valence-electron chi connectivity index (χ1n) is 6.81. The number of halogens is 1. The summed E-state index contributed by atoms with van der Waals surface area (Å²) in [6, 6.07) is 6.88. The van der Waals surface area contributed by atoms with Crippen molar-refractivity contribution in [1.29, 1.82) is 0 Å². The first-order chi connectivity index (χ1) is 8.99. The van der Waals surface area contributed by atoms with Crippen molar-refractivity contribution in [3.63, 3.8) is 0 Å². The van der Waals surface area contributed by atoms with E-state index < -0.39 is 0 Å². The van der Waals surface area contributed by atoms with Crippen LogP contribution in [0.3, 0.4) is 0 Å². The van der Waals surface area contributed by atoms with Gasteiger partial charge >= 0.3 is 0 Å². The number of nitrogens with two attached hydrogens (primary N) is 1. The monoisotopic (exact) mass is 340 g/mol. The quantitative estimate of drug-likeness (QED) is 0.840. The van der Waals surface area contributed by atoms with Gasteiger partial charge in [-0.25, -0.2) is 0 Å². The summed E-state index contributed by atoms with van der Waals surface area (Å²) in [6.45, 7) is 2.35. The number of thiocarbonyl (C=S) groups is 1. The van der Waals surface area contributed by atoms with Crippen LogP contribution in [0.15, 0.2) is 22.7 Å². The van der Waals surface area contributed by atoms with Gasteiger partial charge in [0.15, 0.2) is 0 Å². The Kier molecular flexibility index (Phi) is 4.85. The molecule has 0 bridgehead atoms. The fourth-order valence-corrected chi connectivity index (χ4v) is 3.78. The molecule has 1 aromatic carbocycles. The van der Waals surface area contributed by atoms with E-state index in [9.17, 15) is 0 Å². The molecule has 1 saturated carbocycles. The van der Waals surface area contributed by atoms with E-state index >= 15 is 0 Å². The van der Waals surface area contributed by atoms with Crippen molar-refractivity contribution in [3.8, 4) is 0 Å². The summed E-state index contributed by atoms with van der Waals surface area (Å²) in [4.78, 5) is 2.83. The van der Waals surface area contributed by atoms with Gasteiger partial charge in [0.2, 0.25) is 0 Å². The average molecular weight is 341 g/mol. The van der Waals surface area contributed by atoms with Crippen molar-refractivity contribution < 1.29 is 0 Å². The average Bonchev–Trinajstić information content (AvgIpc) is 2.37. The number of hydrogen-bond donors (Lipinski definition) is 1. The second kappa shape index (κ2) is 6.23. The first-order valence-corrected chi connectivity index (χ1v) is 8.01. The van der Waals surface area contributed by atoms with Gasteiger partial charge in [-0.15, -0.1) is 0 Å². The summed E-state index contributed by atoms with van der Waals surface area (Å²) in [5.74, 6) is 0.834. The molecule has 2 atom stereocenters. The Balaban J connectivity index is 2.17. The topological polar surface area (TPSA) is 29.3 Å². The number of rotatable bonds is 3. The molecular weight excluding hydrogens is 320 g/mol. The van der Waals surface area contributed by atoms with Crippen LogP contribution in [-0.2, 0) is 0 Å². The summed E-state index contributed by atoms with van der Waals surface area (Å²) >= 11 is 8.59. The van der Waals surface area contributed by atoms with Gasteiger partial charge in [0.25, 0.3) is 0 Å². The van der Waals surface area contributed by atoms with Crippen LogP contribution in [0.4, 0.5) is 5.69 Å². The number of benzene rings is 1. The van der Waals surface area contributed by atoms with E-state index in [1.54, 1.807) is 0 Å². The summed E-state index contributed by atoms with van der Waals surface area (Å²) < 4.78 is 0.980. The van der Waals surface area contributed by atoms with E-state index in [2.05, 4.69) is 46.9 Å². The molecule has 1 aromatic rings. The summed E-state index contributed by atoms with van der Waals surface area (Å²) in [5, 5.41) is 0. The van der Waals surface area contributed by atoms with Crippen LogP contribution in [0.5, 0.6) is 0 Å². The van der Waals surface area contributed by atoms with Crippen molar-refractivity contribution in [3.05, 3.63) is 28.2 Å². The molecule has 19 heavy (non-hydrogen) atoms. The van der Waals surface area contributed by atoms with Gasteiger partial charge < -0.3 is 10.6 Å². The highest BCUT2D eigenvalue weighted by Gasteiger charge is 2.22. The van der Waals surface area contributed by atoms with Gasteiger partial charge in [0, 0.05) is 28.8 Å². The van der Waals surface area contributed by atoms with Crippen molar-refractivity contribution >= 4 is 38.8 Å². The third kappa shape index (κ3) is 3.48. The Hall–Kier alpha value is -0.610. The van der Waals surface area contributed by atoms with Crippen LogP contribution >= 0.6 is 28.1 Å². The second-order valence-corrected chi connectivity index (χ2v) is 6.86. The highest BCUT2D eigenvalue weighted by atomic mass is 79.9. The Morgan fingerprint density at radius 2 is 2.16 bits per heavy atom. The van der Waals surface area contributed by atoms with Crippen molar-refractivity contribution in [2.75, 3.05) is 11.9 Å². The molecule has 0 heterocycles. The molecule has 0 aliphatic heterocycles. The summed E-state index contributed by atoms with van der Waals surface area (Å²) in [6.07, 6.45) is 5.28. The van der Waals surface area contributed by atoms with E-state index in [1.807, 2.05) is 6.07 Å². The molecule has 1 aliphatic carbocycles. The van der Waals surface area contributed by atoms with Crippen molar-refractivity contribution in [2.24, 2.45) is 11.7 Å². The zero-order valence-corrected chi connectivity index (χ0v) is 13.9. The predicted molar refractivity (Wildman–Crippen MR) is 89.9 cm³/mol. The zero-order valence-electron chi connectivity index (χ0n) is 11.5. The number of hydrogen-bond acceptors (Lipinski definition) is 2. The molecule has 2 N–H and O–H groups in total. The highest BCUT2D eigenvalue weighted by Crippen LogP contribution is 2.31. The Morgan fingerprint density at radius 1 is 1.42 bits per heavy atom. The van der Waals surface area contributed by atoms with Crippen molar-refractivity contribution in [2.45, 2.75) is 38.6 Å². The molecule has 4 heteroatoms. The molecule has 2 nitrogen and oxygen atoms in total. The minimum atomic E-state index is 0.437. The molecule has 104 valence electrons. The van der Waals surface area contributed by atoms with E-state index in [-0.39, 0.29) is 0 Å². The molecule has 0 radical (unpaired) electrons. The molecule has 0 aromatic heterocycles. The van der Waals surface area contributed by atoms with Crippen LogP contribution in [0, 0.1) is 5.92 Å². The zero-order chi connectivity index (χ0) is 14.0. The molecule has 2 unspecified atom stereocenters. The SMILES string of the molecule is CC1CCCC(N(C)c2ccc(C(N)=S)c(Br)c2)C1. The maximum absolute atomic E-state index is 5.69. The Labute approximate surface area is 129 Å². The Morgan fingerprint density at radius 3 is 2.74 bits per heavy atom. The fraction of sp³-hybridized carbons (Fsp3) is 0.533. The second-order valence-electron chi connectivity index (χ2n) is 5.56. The third-order valence-corrected chi connectivity index (χ3v) is 4.96. The minimum absolute atomic E-state index is 0.437. The lowest BCUT2D eigenvalue weighted by Gasteiger charge is -2.35. The Bertz CT molecular complexity index is 475. The maximum atomic E-state index is 5.69. The molecular formula is C15H21BrN2S. The van der Waals surface area contributed by atoms with Crippen molar-refractivity contribution in [1.82, 2.24) is 0 Å². The van der Waals surface area contributed by atoms with Crippen LogP contribution in [0.1, 0.15) is 38.2 Å².